The van der Waals surface area contributed by atoms with Gasteiger partial charge in [0.05, 0.1) is 0 Å². The van der Waals surface area contributed by atoms with Crippen LogP contribution in [-0.2, 0) is 22.4 Å². The fourth-order valence-electron chi connectivity index (χ4n) is 2.90. The van der Waals surface area contributed by atoms with E-state index in [0.717, 1.165) is 20.1 Å². The summed E-state index contributed by atoms with van der Waals surface area (Å²) in [5.74, 6) is -0.614. The van der Waals surface area contributed by atoms with E-state index in [1.807, 2.05) is 48.5 Å². The van der Waals surface area contributed by atoms with Crippen molar-refractivity contribution < 1.29 is 9.59 Å². The Hall–Kier alpha value is -1.66. The van der Waals surface area contributed by atoms with Gasteiger partial charge in [-0.1, -0.05) is 68.3 Å². The van der Waals surface area contributed by atoms with Crippen LogP contribution in [0.5, 0.6) is 0 Å². The summed E-state index contributed by atoms with van der Waals surface area (Å²) < 4.78 is 1.75. The summed E-state index contributed by atoms with van der Waals surface area (Å²) in [4.78, 5) is 25.7. The highest BCUT2D eigenvalue weighted by Crippen LogP contribution is 2.34. The standard InChI is InChI=1S/C19H20Br2N2O2/c1-22-17(24)19(18(25)23-2,11-13-7-3-5-9-15(13)20)12-14-8-4-6-10-16(14)21/h3-10H,11-12H2,1-2H3,(H,22,24)(H,23,25). The normalized spacial score (nSPS) is 11.0. The SMILES string of the molecule is CNC(=O)C(Cc1ccccc1Br)(Cc1ccccc1Br)C(=O)NC. The summed E-state index contributed by atoms with van der Waals surface area (Å²) >= 11 is 7.04. The molecule has 6 heteroatoms. The lowest BCUT2D eigenvalue weighted by Crippen LogP contribution is -2.52. The molecule has 25 heavy (non-hydrogen) atoms. The van der Waals surface area contributed by atoms with Gasteiger partial charge >= 0.3 is 0 Å². The summed E-state index contributed by atoms with van der Waals surface area (Å²) in [6.45, 7) is 0. The van der Waals surface area contributed by atoms with Gasteiger partial charge in [-0.05, 0) is 36.1 Å². The maximum atomic E-state index is 12.9. The van der Waals surface area contributed by atoms with E-state index >= 15 is 0 Å². The topological polar surface area (TPSA) is 58.2 Å². The average Bonchev–Trinajstić information content (AvgIpc) is 2.63. The summed E-state index contributed by atoms with van der Waals surface area (Å²) in [6, 6.07) is 15.3. The van der Waals surface area contributed by atoms with Crippen LogP contribution in [0.15, 0.2) is 57.5 Å². The molecule has 0 aliphatic rings. The Labute approximate surface area is 164 Å². The highest BCUT2D eigenvalue weighted by atomic mass is 79.9. The smallest absolute Gasteiger partial charge is 0.236 e. The van der Waals surface area contributed by atoms with E-state index in [9.17, 15) is 9.59 Å². The summed E-state index contributed by atoms with van der Waals surface area (Å²) in [6.07, 6.45) is 0.574. The lowest BCUT2D eigenvalue weighted by atomic mass is 9.74. The van der Waals surface area contributed by atoms with Crippen molar-refractivity contribution in [2.24, 2.45) is 5.41 Å². The zero-order chi connectivity index (χ0) is 18.4. The van der Waals surface area contributed by atoms with Crippen LogP contribution in [0, 0.1) is 5.41 Å². The van der Waals surface area contributed by atoms with Crippen molar-refractivity contribution in [1.82, 2.24) is 10.6 Å². The molecular weight excluding hydrogens is 448 g/mol. The van der Waals surface area contributed by atoms with Crippen LogP contribution in [0.3, 0.4) is 0 Å². The highest BCUT2D eigenvalue weighted by molar-refractivity contribution is 9.10. The van der Waals surface area contributed by atoms with E-state index in [1.165, 1.54) is 0 Å². The van der Waals surface area contributed by atoms with Crippen LogP contribution in [0.25, 0.3) is 0 Å². The molecule has 2 aromatic rings. The molecule has 0 heterocycles. The minimum atomic E-state index is -1.25. The van der Waals surface area contributed by atoms with Gasteiger partial charge in [-0.3, -0.25) is 9.59 Å². The second-order valence-corrected chi connectivity index (χ2v) is 7.49. The van der Waals surface area contributed by atoms with Gasteiger partial charge in [-0.15, -0.1) is 0 Å². The van der Waals surface area contributed by atoms with E-state index in [2.05, 4.69) is 42.5 Å². The first-order valence-corrected chi connectivity index (χ1v) is 9.44. The molecule has 2 amide bonds. The van der Waals surface area contributed by atoms with E-state index in [4.69, 9.17) is 0 Å². The Kier molecular flexibility index (Phi) is 6.79. The van der Waals surface area contributed by atoms with Crippen LogP contribution in [0.4, 0.5) is 0 Å². The van der Waals surface area contributed by atoms with Gasteiger partial charge in [0.1, 0.15) is 5.41 Å². The lowest BCUT2D eigenvalue weighted by Gasteiger charge is -2.31. The number of carbonyl (C=O) groups excluding carboxylic acids is 2. The average molecular weight is 468 g/mol. The Bertz CT molecular complexity index is 712. The number of nitrogens with one attached hydrogen (secondary N) is 2. The molecule has 0 radical (unpaired) electrons. The summed E-state index contributed by atoms with van der Waals surface area (Å²) in [7, 11) is 3.11. The van der Waals surface area contributed by atoms with E-state index in [0.29, 0.717) is 0 Å². The molecule has 0 bridgehead atoms. The number of hydrogen-bond acceptors (Lipinski definition) is 2. The number of benzene rings is 2. The Morgan fingerprint density at radius 2 is 1.16 bits per heavy atom. The number of hydrogen-bond donors (Lipinski definition) is 2. The number of halogens is 2. The predicted molar refractivity (Wildman–Crippen MR) is 106 cm³/mol. The van der Waals surface area contributed by atoms with Gasteiger partial charge in [-0.2, -0.15) is 0 Å². The molecule has 0 aliphatic heterocycles. The number of carbonyl (C=O) groups is 2. The largest absolute Gasteiger partial charge is 0.358 e. The van der Waals surface area contributed by atoms with Gasteiger partial charge in [0, 0.05) is 23.0 Å². The first-order chi connectivity index (χ1) is 11.9. The monoisotopic (exact) mass is 466 g/mol. The van der Waals surface area contributed by atoms with Crippen molar-refractivity contribution in [1.29, 1.82) is 0 Å². The molecule has 0 atom stereocenters. The molecule has 0 unspecified atom stereocenters. The zero-order valence-electron chi connectivity index (χ0n) is 14.1. The molecule has 0 saturated carbocycles. The van der Waals surface area contributed by atoms with Crippen molar-refractivity contribution in [3.63, 3.8) is 0 Å². The van der Waals surface area contributed by atoms with Crippen molar-refractivity contribution in [2.75, 3.05) is 14.1 Å². The molecule has 0 saturated heterocycles. The van der Waals surface area contributed by atoms with Crippen LogP contribution in [0.1, 0.15) is 11.1 Å². The van der Waals surface area contributed by atoms with Crippen LogP contribution in [0.2, 0.25) is 0 Å². The van der Waals surface area contributed by atoms with Crippen molar-refractivity contribution in [2.45, 2.75) is 12.8 Å². The quantitative estimate of drug-likeness (QED) is 0.639. The second-order valence-electron chi connectivity index (χ2n) is 5.78. The summed E-state index contributed by atoms with van der Waals surface area (Å²) in [5.41, 5.74) is 0.556. The first-order valence-electron chi connectivity index (χ1n) is 7.86. The van der Waals surface area contributed by atoms with E-state index in [1.54, 1.807) is 14.1 Å². The van der Waals surface area contributed by atoms with Gasteiger partial charge in [0.2, 0.25) is 11.8 Å². The van der Waals surface area contributed by atoms with Crippen LogP contribution in [-0.4, -0.2) is 25.9 Å². The fraction of sp³-hybridized carbons (Fsp3) is 0.263. The van der Waals surface area contributed by atoms with E-state index < -0.39 is 5.41 Å². The minimum Gasteiger partial charge on any atom is -0.358 e. The Morgan fingerprint density at radius 3 is 1.48 bits per heavy atom. The second kappa shape index (κ2) is 8.63. The molecule has 2 rings (SSSR count). The fourth-order valence-corrected chi connectivity index (χ4v) is 3.75. The van der Waals surface area contributed by atoms with Crippen molar-refractivity contribution in [3.05, 3.63) is 68.6 Å². The number of amides is 2. The molecule has 0 fully saturated rings. The van der Waals surface area contributed by atoms with Crippen LogP contribution < -0.4 is 10.6 Å². The van der Waals surface area contributed by atoms with Crippen molar-refractivity contribution >= 4 is 43.7 Å². The molecule has 0 spiro atoms. The minimum absolute atomic E-state index is 0.287. The molecular formula is C19H20Br2N2O2. The highest BCUT2D eigenvalue weighted by Gasteiger charge is 2.45. The third-order valence-corrected chi connectivity index (χ3v) is 5.77. The zero-order valence-corrected chi connectivity index (χ0v) is 17.3. The predicted octanol–water partition coefficient (Wildman–Crippen LogP) is 3.48. The third kappa shape index (κ3) is 4.30. The van der Waals surface area contributed by atoms with Gasteiger partial charge < -0.3 is 10.6 Å². The van der Waals surface area contributed by atoms with Gasteiger partial charge in [0.25, 0.3) is 0 Å². The summed E-state index contributed by atoms with van der Waals surface area (Å²) in [5, 5.41) is 5.34. The van der Waals surface area contributed by atoms with E-state index in [-0.39, 0.29) is 24.7 Å². The molecule has 2 N–H and O–H groups in total. The van der Waals surface area contributed by atoms with Crippen LogP contribution >= 0.6 is 31.9 Å². The third-order valence-electron chi connectivity index (χ3n) is 4.22. The first kappa shape index (κ1) is 19.7. The molecule has 4 nitrogen and oxygen atoms in total. The maximum absolute atomic E-state index is 12.9. The van der Waals surface area contributed by atoms with Gasteiger partial charge in [-0.25, -0.2) is 0 Å². The van der Waals surface area contributed by atoms with Crippen molar-refractivity contribution in [3.8, 4) is 0 Å². The maximum Gasteiger partial charge on any atom is 0.236 e. The molecule has 132 valence electrons. The Balaban J connectivity index is 2.56. The molecule has 0 aromatic heterocycles. The molecule has 0 aliphatic carbocycles. The lowest BCUT2D eigenvalue weighted by molar-refractivity contribution is -0.143. The number of rotatable bonds is 6. The molecule has 2 aromatic carbocycles. The Morgan fingerprint density at radius 1 is 0.800 bits per heavy atom. The van der Waals surface area contributed by atoms with Gasteiger partial charge in [0.15, 0.2) is 0 Å².